The number of phenols is 1. The predicted molar refractivity (Wildman–Crippen MR) is 87.5 cm³/mol. The van der Waals surface area contributed by atoms with Crippen LogP contribution in [-0.4, -0.2) is 17.6 Å². The second kappa shape index (κ2) is 6.98. The fraction of sp³-hybridized carbons (Fsp3) is 0.278. The zero-order chi connectivity index (χ0) is 16.1. The van der Waals surface area contributed by atoms with Gasteiger partial charge in [-0.05, 0) is 42.2 Å². The van der Waals surface area contributed by atoms with Crippen LogP contribution in [0.5, 0.6) is 11.5 Å². The second-order valence-corrected chi connectivity index (χ2v) is 5.55. The van der Waals surface area contributed by atoms with E-state index in [0.717, 1.165) is 16.9 Å². The van der Waals surface area contributed by atoms with E-state index in [-0.39, 0.29) is 18.3 Å². The number of aromatic hydroxyl groups is 1. The molecule has 0 saturated carbocycles. The fourth-order valence-electron chi connectivity index (χ4n) is 2.15. The number of carbonyl (C=O) groups excluding carboxylic acids is 1. The Hall–Kier alpha value is -2.49. The highest BCUT2D eigenvalue weighted by Crippen LogP contribution is 2.27. The van der Waals surface area contributed by atoms with Crippen LogP contribution in [0.25, 0.3) is 0 Å². The summed E-state index contributed by atoms with van der Waals surface area (Å²) in [5.74, 6) is 0.770. The number of phenolic OH excluding ortho intramolecular Hbond substituents is 1. The summed E-state index contributed by atoms with van der Waals surface area (Å²) in [7, 11) is 0. The summed E-state index contributed by atoms with van der Waals surface area (Å²) in [5, 5.41) is 12.3. The van der Waals surface area contributed by atoms with Gasteiger partial charge in [0.05, 0.1) is 5.69 Å². The topological polar surface area (TPSA) is 58.6 Å². The van der Waals surface area contributed by atoms with Crippen LogP contribution in [0.1, 0.15) is 30.9 Å². The lowest BCUT2D eigenvalue weighted by atomic mass is 10.0. The number of aryl methyl sites for hydroxylation is 1. The minimum atomic E-state index is -0.308. The maximum absolute atomic E-state index is 12.0. The molecule has 0 unspecified atom stereocenters. The van der Waals surface area contributed by atoms with Gasteiger partial charge in [0.25, 0.3) is 5.91 Å². The molecule has 2 aromatic carbocycles. The average molecular weight is 299 g/mol. The van der Waals surface area contributed by atoms with Crippen molar-refractivity contribution in [2.24, 2.45) is 0 Å². The molecule has 0 aliphatic carbocycles. The molecule has 0 radical (unpaired) electrons. The first kappa shape index (κ1) is 15.9. The molecule has 0 spiro atoms. The van der Waals surface area contributed by atoms with Crippen LogP contribution in [-0.2, 0) is 4.79 Å². The van der Waals surface area contributed by atoms with E-state index in [4.69, 9.17) is 4.74 Å². The van der Waals surface area contributed by atoms with Crippen LogP contribution in [0.15, 0.2) is 42.5 Å². The Morgan fingerprint density at radius 1 is 1.23 bits per heavy atom. The van der Waals surface area contributed by atoms with E-state index in [1.807, 2.05) is 25.1 Å². The summed E-state index contributed by atoms with van der Waals surface area (Å²) in [6, 6.07) is 12.6. The lowest BCUT2D eigenvalue weighted by Gasteiger charge is -2.15. The van der Waals surface area contributed by atoms with Crippen LogP contribution in [0.4, 0.5) is 5.69 Å². The molecule has 4 nitrogen and oxygen atoms in total. The summed E-state index contributed by atoms with van der Waals surface area (Å²) in [4.78, 5) is 12.0. The maximum atomic E-state index is 12.0. The van der Waals surface area contributed by atoms with Crippen LogP contribution in [0, 0.1) is 6.92 Å². The number of rotatable bonds is 5. The molecule has 2 rings (SSSR count). The largest absolute Gasteiger partial charge is 0.506 e. The maximum Gasteiger partial charge on any atom is 0.262 e. The van der Waals surface area contributed by atoms with E-state index in [0.29, 0.717) is 11.6 Å². The molecule has 0 fully saturated rings. The van der Waals surface area contributed by atoms with Crippen molar-refractivity contribution in [2.75, 3.05) is 11.9 Å². The van der Waals surface area contributed by atoms with Gasteiger partial charge in [-0.25, -0.2) is 0 Å². The van der Waals surface area contributed by atoms with Gasteiger partial charge in [-0.15, -0.1) is 0 Å². The van der Waals surface area contributed by atoms with Gasteiger partial charge in [0.15, 0.2) is 6.61 Å². The fourth-order valence-corrected chi connectivity index (χ4v) is 2.15. The van der Waals surface area contributed by atoms with E-state index < -0.39 is 0 Å². The summed E-state index contributed by atoms with van der Waals surface area (Å²) in [6.45, 7) is 6.05. The van der Waals surface area contributed by atoms with Gasteiger partial charge in [0, 0.05) is 0 Å². The molecule has 2 N–H and O–H groups in total. The van der Waals surface area contributed by atoms with Crippen LogP contribution < -0.4 is 10.1 Å². The van der Waals surface area contributed by atoms with E-state index in [1.165, 1.54) is 6.07 Å². The molecule has 0 aliphatic heterocycles. The van der Waals surface area contributed by atoms with Crippen molar-refractivity contribution in [1.82, 2.24) is 0 Å². The standard InChI is InChI=1S/C18H21NO3/c1-12(2)14-9-8-13(3)10-17(14)22-11-18(21)19-15-6-4-5-7-16(15)20/h4-10,12,20H,11H2,1-3H3,(H,19,21). The Morgan fingerprint density at radius 3 is 2.64 bits per heavy atom. The highest BCUT2D eigenvalue weighted by Gasteiger charge is 2.11. The van der Waals surface area contributed by atoms with Crippen molar-refractivity contribution in [2.45, 2.75) is 26.7 Å². The van der Waals surface area contributed by atoms with Gasteiger partial charge < -0.3 is 15.2 Å². The molecule has 0 aliphatic rings. The van der Waals surface area contributed by atoms with Crippen molar-refractivity contribution >= 4 is 11.6 Å². The van der Waals surface area contributed by atoms with Gasteiger partial charge in [-0.3, -0.25) is 4.79 Å². The zero-order valence-corrected chi connectivity index (χ0v) is 13.1. The monoisotopic (exact) mass is 299 g/mol. The van der Waals surface area contributed by atoms with Gasteiger partial charge in [0.1, 0.15) is 11.5 Å². The van der Waals surface area contributed by atoms with Crippen molar-refractivity contribution in [3.63, 3.8) is 0 Å². The molecular weight excluding hydrogens is 278 g/mol. The number of ether oxygens (including phenoxy) is 1. The predicted octanol–water partition coefficient (Wildman–Crippen LogP) is 3.84. The van der Waals surface area contributed by atoms with Crippen molar-refractivity contribution < 1.29 is 14.6 Å². The smallest absolute Gasteiger partial charge is 0.262 e. The Bertz CT molecular complexity index is 665. The van der Waals surface area contributed by atoms with Crippen molar-refractivity contribution in [1.29, 1.82) is 0 Å². The first-order valence-corrected chi connectivity index (χ1v) is 7.28. The second-order valence-electron chi connectivity index (χ2n) is 5.55. The third-order valence-electron chi connectivity index (χ3n) is 3.33. The molecule has 1 amide bonds. The SMILES string of the molecule is Cc1ccc(C(C)C)c(OCC(=O)Nc2ccccc2O)c1. The van der Waals surface area contributed by atoms with Gasteiger partial charge in [-0.1, -0.05) is 38.1 Å². The lowest BCUT2D eigenvalue weighted by Crippen LogP contribution is -2.20. The molecule has 2 aromatic rings. The molecule has 0 aromatic heterocycles. The number of amides is 1. The molecule has 116 valence electrons. The number of hydrogen-bond acceptors (Lipinski definition) is 3. The summed E-state index contributed by atoms with van der Waals surface area (Å²) in [6.07, 6.45) is 0. The number of carbonyl (C=O) groups is 1. The van der Waals surface area contributed by atoms with Gasteiger partial charge in [0.2, 0.25) is 0 Å². The minimum Gasteiger partial charge on any atom is -0.506 e. The van der Waals surface area contributed by atoms with Crippen molar-refractivity contribution in [3.05, 3.63) is 53.6 Å². The Kier molecular flexibility index (Phi) is 5.04. The quantitative estimate of drug-likeness (QED) is 0.825. The molecule has 0 saturated heterocycles. The molecule has 0 atom stereocenters. The van der Waals surface area contributed by atoms with E-state index in [1.54, 1.807) is 18.2 Å². The first-order valence-electron chi connectivity index (χ1n) is 7.28. The third kappa shape index (κ3) is 4.01. The number of hydrogen-bond donors (Lipinski definition) is 2. The summed E-state index contributed by atoms with van der Waals surface area (Å²) >= 11 is 0. The summed E-state index contributed by atoms with van der Waals surface area (Å²) < 4.78 is 5.66. The molecule has 0 heterocycles. The molecule has 22 heavy (non-hydrogen) atoms. The third-order valence-corrected chi connectivity index (χ3v) is 3.33. The van der Waals surface area contributed by atoms with Crippen molar-refractivity contribution in [3.8, 4) is 11.5 Å². The van der Waals surface area contributed by atoms with E-state index in [9.17, 15) is 9.90 Å². The Morgan fingerprint density at radius 2 is 1.95 bits per heavy atom. The number of para-hydroxylation sites is 2. The average Bonchev–Trinajstić information content (AvgIpc) is 2.47. The zero-order valence-electron chi connectivity index (χ0n) is 13.1. The van der Waals surface area contributed by atoms with E-state index >= 15 is 0 Å². The van der Waals surface area contributed by atoms with Crippen LogP contribution in [0.2, 0.25) is 0 Å². The molecule has 4 heteroatoms. The Labute approximate surface area is 130 Å². The lowest BCUT2D eigenvalue weighted by molar-refractivity contribution is -0.118. The summed E-state index contributed by atoms with van der Waals surface area (Å²) in [5.41, 5.74) is 2.53. The Balaban J connectivity index is 2.02. The molecule has 0 bridgehead atoms. The van der Waals surface area contributed by atoms with Crippen LogP contribution >= 0.6 is 0 Å². The highest BCUT2D eigenvalue weighted by molar-refractivity contribution is 5.93. The van der Waals surface area contributed by atoms with E-state index in [2.05, 4.69) is 19.2 Å². The molecular formula is C18H21NO3. The van der Waals surface area contributed by atoms with Crippen LogP contribution in [0.3, 0.4) is 0 Å². The number of nitrogens with one attached hydrogen (secondary N) is 1. The normalized spacial score (nSPS) is 10.5. The minimum absolute atomic E-state index is 0.0364. The number of benzene rings is 2. The van der Waals surface area contributed by atoms with Gasteiger partial charge >= 0.3 is 0 Å². The first-order chi connectivity index (χ1) is 10.5. The number of anilines is 1. The van der Waals surface area contributed by atoms with Gasteiger partial charge in [-0.2, -0.15) is 0 Å². The highest BCUT2D eigenvalue weighted by atomic mass is 16.5.